The minimum Gasteiger partial charge on any atom is -0.371 e. The fourth-order valence-corrected chi connectivity index (χ4v) is 4.13. The first-order valence-corrected chi connectivity index (χ1v) is 10.5. The first-order chi connectivity index (χ1) is 12.8. The van der Waals surface area contributed by atoms with Gasteiger partial charge in [0.15, 0.2) is 5.96 Å². The predicted octanol–water partition coefficient (Wildman–Crippen LogP) is 3.93. The molecule has 1 aromatic heterocycles. The first kappa shape index (κ1) is 18.8. The molecule has 3 rings (SSSR count). The number of hydrogen-bond donors (Lipinski definition) is 2. The average Bonchev–Trinajstić information content (AvgIpc) is 3.36. The third-order valence-corrected chi connectivity index (χ3v) is 5.65. The molecule has 1 aromatic carbocycles. The van der Waals surface area contributed by atoms with Crippen LogP contribution in [-0.4, -0.2) is 38.7 Å². The number of anilines is 1. The molecule has 2 heterocycles. The van der Waals surface area contributed by atoms with Crippen LogP contribution in [0.5, 0.6) is 0 Å². The molecule has 0 aliphatic carbocycles. The maximum absolute atomic E-state index is 4.79. The van der Waals surface area contributed by atoms with Crippen LogP contribution in [0.1, 0.15) is 31.7 Å². The molecular formula is C21H30N4S. The molecule has 2 atom stereocenters. The third kappa shape index (κ3) is 5.24. The molecule has 2 N–H and O–H groups in total. The van der Waals surface area contributed by atoms with Gasteiger partial charge in [-0.3, -0.25) is 4.99 Å². The minimum atomic E-state index is 0.455. The van der Waals surface area contributed by atoms with Gasteiger partial charge in [-0.25, -0.2) is 0 Å². The summed E-state index contributed by atoms with van der Waals surface area (Å²) >= 11 is 1.75. The van der Waals surface area contributed by atoms with Gasteiger partial charge in [-0.15, -0.1) is 0 Å². The van der Waals surface area contributed by atoms with E-state index in [0.717, 1.165) is 38.7 Å². The number of aliphatic imine (C=N–C) groups is 1. The van der Waals surface area contributed by atoms with E-state index >= 15 is 0 Å². The number of thiophene rings is 1. The Hall–Kier alpha value is -2.01. The summed E-state index contributed by atoms with van der Waals surface area (Å²) < 4.78 is 0. The van der Waals surface area contributed by atoms with Gasteiger partial charge in [0.05, 0.1) is 0 Å². The van der Waals surface area contributed by atoms with Crippen LogP contribution >= 0.6 is 11.3 Å². The van der Waals surface area contributed by atoms with Gasteiger partial charge in [0.1, 0.15) is 0 Å². The summed E-state index contributed by atoms with van der Waals surface area (Å²) in [4.78, 5) is 7.27. The number of nitrogens with one attached hydrogen (secondary N) is 2. The molecule has 2 aromatic rings. The van der Waals surface area contributed by atoms with Crippen molar-refractivity contribution in [2.24, 2.45) is 10.9 Å². The lowest BCUT2D eigenvalue weighted by Crippen LogP contribution is -2.40. The lowest BCUT2D eigenvalue weighted by molar-refractivity contribution is 0.565. The van der Waals surface area contributed by atoms with Crippen LogP contribution in [0.2, 0.25) is 0 Å². The normalized spacial score (nSPS) is 18.8. The number of rotatable bonds is 7. The highest BCUT2D eigenvalue weighted by Gasteiger charge is 2.22. The van der Waals surface area contributed by atoms with E-state index in [4.69, 9.17) is 4.99 Å². The summed E-state index contributed by atoms with van der Waals surface area (Å²) in [6, 6.07) is 12.9. The Kier molecular flexibility index (Phi) is 6.95. The molecule has 140 valence electrons. The Morgan fingerprint density at radius 2 is 2.12 bits per heavy atom. The van der Waals surface area contributed by atoms with Crippen molar-refractivity contribution in [3.05, 3.63) is 52.7 Å². The maximum Gasteiger partial charge on any atom is 0.191 e. The summed E-state index contributed by atoms with van der Waals surface area (Å²) in [5, 5.41) is 11.3. The molecule has 1 saturated heterocycles. The van der Waals surface area contributed by atoms with Crippen LogP contribution in [0.4, 0.5) is 5.69 Å². The molecular weight excluding hydrogens is 340 g/mol. The lowest BCUT2D eigenvalue weighted by atomic mass is 10.1. The molecule has 26 heavy (non-hydrogen) atoms. The van der Waals surface area contributed by atoms with E-state index in [-0.39, 0.29) is 0 Å². The standard InChI is InChI=1S/C21H30N4S/c1-3-22-21(23-13-17(2)19-10-12-26-16-19)24-14-18-9-11-25(15-18)20-7-5-4-6-8-20/h4-8,10,12,16-18H,3,9,11,13-15H2,1-2H3,(H2,22,23,24). The van der Waals surface area contributed by atoms with Crippen LogP contribution in [0.3, 0.4) is 0 Å². The molecule has 0 bridgehead atoms. The van der Waals surface area contributed by atoms with E-state index in [1.54, 1.807) is 11.3 Å². The zero-order valence-electron chi connectivity index (χ0n) is 15.8. The van der Waals surface area contributed by atoms with Gasteiger partial charge < -0.3 is 15.5 Å². The summed E-state index contributed by atoms with van der Waals surface area (Å²) in [6.45, 7) is 9.28. The van der Waals surface area contributed by atoms with Crippen molar-refractivity contribution in [3.8, 4) is 0 Å². The van der Waals surface area contributed by atoms with Crippen LogP contribution in [0.15, 0.2) is 52.2 Å². The first-order valence-electron chi connectivity index (χ1n) is 9.60. The molecule has 1 aliphatic heterocycles. The van der Waals surface area contributed by atoms with Crippen molar-refractivity contribution >= 4 is 23.0 Å². The number of para-hydroxylation sites is 1. The second kappa shape index (κ2) is 9.62. The molecule has 1 aliphatic rings. The van der Waals surface area contributed by atoms with Gasteiger partial charge in [-0.05, 0) is 53.8 Å². The quantitative estimate of drug-likeness (QED) is 0.573. The fraction of sp³-hybridized carbons (Fsp3) is 0.476. The SMILES string of the molecule is CCNC(=NCC(C)c1ccsc1)NCC1CCN(c2ccccc2)C1. The summed E-state index contributed by atoms with van der Waals surface area (Å²) in [7, 11) is 0. The predicted molar refractivity (Wildman–Crippen MR) is 113 cm³/mol. The van der Waals surface area contributed by atoms with Crippen LogP contribution in [0.25, 0.3) is 0 Å². The van der Waals surface area contributed by atoms with E-state index in [2.05, 4.69) is 76.5 Å². The lowest BCUT2D eigenvalue weighted by Gasteiger charge is -2.19. The van der Waals surface area contributed by atoms with Crippen molar-refractivity contribution in [2.75, 3.05) is 37.6 Å². The zero-order valence-corrected chi connectivity index (χ0v) is 16.6. The zero-order chi connectivity index (χ0) is 18.2. The Labute approximate surface area is 161 Å². The minimum absolute atomic E-state index is 0.455. The van der Waals surface area contributed by atoms with E-state index < -0.39 is 0 Å². The van der Waals surface area contributed by atoms with Crippen molar-refractivity contribution in [2.45, 2.75) is 26.2 Å². The number of benzene rings is 1. The van der Waals surface area contributed by atoms with Crippen LogP contribution in [-0.2, 0) is 0 Å². The van der Waals surface area contributed by atoms with Crippen molar-refractivity contribution in [1.82, 2.24) is 10.6 Å². The highest BCUT2D eigenvalue weighted by atomic mass is 32.1. The maximum atomic E-state index is 4.79. The van der Waals surface area contributed by atoms with Gasteiger partial charge in [0.2, 0.25) is 0 Å². The van der Waals surface area contributed by atoms with Gasteiger partial charge in [0, 0.05) is 44.3 Å². The van der Waals surface area contributed by atoms with Crippen molar-refractivity contribution in [3.63, 3.8) is 0 Å². The molecule has 1 fully saturated rings. The average molecular weight is 371 g/mol. The van der Waals surface area contributed by atoms with Crippen LogP contribution in [0, 0.1) is 5.92 Å². The van der Waals surface area contributed by atoms with Crippen molar-refractivity contribution in [1.29, 1.82) is 0 Å². The van der Waals surface area contributed by atoms with Gasteiger partial charge in [-0.1, -0.05) is 25.1 Å². The van der Waals surface area contributed by atoms with E-state index in [0.29, 0.717) is 11.8 Å². The molecule has 0 saturated carbocycles. The van der Waals surface area contributed by atoms with Crippen LogP contribution < -0.4 is 15.5 Å². The number of guanidine groups is 1. The highest BCUT2D eigenvalue weighted by molar-refractivity contribution is 7.07. The molecule has 4 nitrogen and oxygen atoms in total. The monoisotopic (exact) mass is 370 g/mol. The Morgan fingerprint density at radius 1 is 1.27 bits per heavy atom. The van der Waals surface area contributed by atoms with E-state index in [1.807, 2.05) is 0 Å². The molecule has 0 radical (unpaired) electrons. The largest absolute Gasteiger partial charge is 0.371 e. The second-order valence-electron chi connectivity index (χ2n) is 6.99. The highest BCUT2D eigenvalue weighted by Crippen LogP contribution is 2.23. The second-order valence-corrected chi connectivity index (χ2v) is 7.77. The molecule has 2 unspecified atom stereocenters. The smallest absolute Gasteiger partial charge is 0.191 e. The molecule has 0 amide bonds. The number of hydrogen-bond acceptors (Lipinski definition) is 3. The molecule has 5 heteroatoms. The Balaban J connectivity index is 1.48. The van der Waals surface area contributed by atoms with E-state index in [9.17, 15) is 0 Å². The van der Waals surface area contributed by atoms with Gasteiger partial charge in [-0.2, -0.15) is 11.3 Å². The molecule has 0 spiro atoms. The Morgan fingerprint density at radius 3 is 2.85 bits per heavy atom. The van der Waals surface area contributed by atoms with Crippen molar-refractivity contribution < 1.29 is 0 Å². The number of nitrogens with zero attached hydrogens (tertiary/aromatic N) is 2. The summed E-state index contributed by atoms with van der Waals surface area (Å²) in [5.41, 5.74) is 2.71. The fourth-order valence-electron chi connectivity index (χ4n) is 3.34. The topological polar surface area (TPSA) is 39.7 Å². The summed E-state index contributed by atoms with van der Waals surface area (Å²) in [6.07, 6.45) is 1.23. The van der Waals surface area contributed by atoms with E-state index in [1.165, 1.54) is 17.7 Å². The van der Waals surface area contributed by atoms with Gasteiger partial charge in [0.25, 0.3) is 0 Å². The Bertz CT molecular complexity index is 669. The summed E-state index contributed by atoms with van der Waals surface area (Å²) in [5.74, 6) is 2.05. The third-order valence-electron chi connectivity index (χ3n) is 4.95. The van der Waals surface area contributed by atoms with Gasteiger partial charge >= 0.3 is 0 Å².